The molecule has 3 heterocycles. The summed E-state index contributed by atoms with van der Waals surface area (Å²) in [4.78, 5) is 32.0. The predicted octanol–water partition coefficient (Wildman–Crippen LogP) is 5.48. The van der Waals surface area contributed by atoms with E-state index in [1.807, 2.05) is 25.1 Å². The number of thiazole rings is 1. The second-order valence-corrected chi connectivity index (χ2v) is 8.60. The molecule has 1 fully saturated rings. The highest BCUT2D eigenvalue weighted by molar-refractivity contribution is 7.22. The molecular formula is C23H15ClN2O4S. The highest BCUT2D eigenvalue weighted by atomic mass is 35.5. The summed E-state index contributed by atoms with van der Waals surface area (Å²) in [5.74, 6) is -1.52. The molecule has 1 atom stereocenters. The predicted molar refractivity (Wildman–Crippen MR) is 119 cm³/mol. The Bertz CT molecular complexity index is 1360. The molecule has 31 heavy (non-hydrogen) atoms. The number of hydrogen-bond acceptors (Lipinski definition) is 6. The van der Waals surface area contributed by atoms with Crippen LogP contribution in [-0.2, 0) is 9.59 Å². The van der Waals surface area contributed by atoms with Crippen molar-refractivity contribution in [3.63, 3.8) is 0 Å². The third-order valence-corrected chi connectivity index (χ3v) is 6.38. The maximum atomic E-state index is 13.1. The van der Waals surface area contributed by atoms with Crippen molar-refractivity contribution >= 4 is 55.7 Å². The minimum absolute atomic E-state index is 0.0577. The molecule has 1 N–H and O–H groups in total. The molecule has 1 aliphatic heterocycles. The number of aliphatic hydroxyl groups excluding tert-OH is 1. The van der Waals surface area contributed by atoms with E-state index in [0.717, 1.165) is 15.8 Å². The largest absolute Gasteiger partial charge is 0.507 e. The third kappa shape index (κ3) is 3.22. The van der Waals surface area contributed by atoms with E-state index in [1.54, 1.807) is 36.4 Å². The van der Waals surface area contributed by atoms with Crippen LogP contribution in [0.25, 0.3) is 16.0 Å². The van der Waals surface area contributed by atoms with Crippen molar-refractivity contribution in [1.29, 1.82) is 0 Å². The van der Waals surface area contributed by atoms with E-state index < -0.39 is 17.7 Å². The number of hydrogen-bond donors (Lipinski definition) is 1. The van der Waals surface area contributed by atoms with Crippen LogP contribution in [0, 0.1) is 6.92 Å². The summed E-state index contributed by atoms with van der Waals surface area (Å²) in [5, 5.41) is 11.8. The van der Waals surface area contributed by atoms with Crippen LogP contribution in [0.1, 0.15) is 22.9 Å². The highest BCUT2D eigenvalue weighted by Gasteiger charge is 2.49. The van der Waals surface area contributed by atoms with Crippen molar-refractivity contribution in [2.45, 2.75) is 13.0 Å². The zero-order chi connectivity index (χ0) is 21.7. The Kier molecular flexibility index (Phi) is 4.64. The van der Waals surface area contributed by atoms with E-state index in [9.17, 15) is 14.7 Å². The van der Waals surface area contributed by atoms with Crippen molar-refractivity contribution in [3.8, 4) is 0 Å². The molecule has 6 nitrogen and oxygen atoms in total. The van der Waals surface area contributed by atoms with Gasteiger partial charge >= 0.3 is 5.91 Å². The van der Waals surface area contributed by atoms with Gasteiger partial charge in [-0.15, -0.1) is 0 Å². The number of nitrogens with zero attached hydrogens (tertiary/aromatic N) is 2. The van der Waals surface area contributed by atoms with Gasteiger partial charge in [0.15, 0.2) is 5.13 Å². The molecule has 0 bridgehead atoms. The molecule has 154 valence electrons. The van der Waals surface area contributed by atoms with Gasteiger partial charge in [0.05, 0.1) is 22.1 Å². The van der Waals surface area contributed by atoms with Gasteiger partial charge in [-0.05, 0) is 61.0 Å². The topological polar surface area (TPSA) is 83.6 Å². The monoisotopic (exact) mass is 450 g/mol. The Labute approximate surface area is 186 Å². The summed E-state index contributed by atoms with van der Waals surface area (Å²) in [6, 6.07) is 14.6. The first-order valence-electron chi connectivity index (χ1n) is 9.41. The van der Waals surface area contributed by atoms with Crippen LogP contribution in [0.2, 0.25) is 5.02 Å². The Morgan fingerprint density at radius 2 is 1.94 bits per heavy atom. The van der Waals surface area contributed by atoms with Crippen LogP contribution >= 0.6 is 22.9 Å². The fraction of sp³-hybridized carbons (Fsp3) is 0.0870. The molecule has 5 rings (SSSR count). The average Bonchev–Trinajstić information content (AvgIpc) is 3.47. The van der Waals surface area contributed by atoms with Gasteiger partial charge in [-0.2, -0.15) is 0 Å². The number of aromatic nitrogens is 1. The zero-order valence-corrected chi connectivity index (χ0v) is 17.8. The lowest BCUT2D eigenvalue weighted by atomic mass is 9.99. The lowest BCUT2D eigenvalue weighted by Crippen LogP contribution is -2.29. The minimum Gasteiger partial charge on any atom is -0.507 e. The van der Waals surface area contributed by atoms with Gasteiger partial charge in [-0.1, -0.05) is 29.0 Å². The zero-order valence-electron chi connectivity index (χ0n) is 16.2. The lowest BCUT2D eigenvalue weighted by Gasteiger charge is -2.20. The fourth-order valence-electron chi connectivity index (χ4n) is 3.63. The summed E-state index contributed by atoms with van der Waals surface area (Å²) in [5.41, 5.74) is 2.11. The Balaban J connectivity index is 1.71. The number of furan rings is 1. The number of carbonyl (C=O) groups excluding carboxylic acids is 2. The number of aliphatic hydroxyl groups is 1. The number of anilines is 1. The number of ketones is 1. The molecule has 0 radical (unpaired) electrons. The number of fused-ring (bicyclic) bond motifs is 1. The molecule has 2 aromatic carbocycles. The molecule has 1 amide bonds. The van der Waals surface area contributed by atoms with Gasteiger partial charge < -0.3 is 9.52 Å². The van der Waals surface area contributed by atoms with Gasteiger partial charge in [0.25, 0.3) is 5.78 Å². The third-order valence-electron chi connectivity index (χ3n) is 5.11. The summed E-state index contributed by atoms with van der Waals surface area (Å²) in [6.07, 6.45) is 1.46. The van der Waals surface area contributed by atoms with Crippen molar-refractivity contribution in [1.82, 2.24) is 4.98 Å². The van der Waals surface area contributed by atoms with Crippen LogP contribution < -0.4 is 4.90 Å². The van der Waals surface area contributed by atoms with E-state index in [0.29, 0.717) is 21.5 Å². The number of aryl methyl sites for hydroxylation is 1. The quantitative estimate of drug-likeness (QED) is 0.254. The van der Waals surface area contributed by atoms with Gasteiger partial charge in [-0.25, -0.2) is 4.98 Å². The smallest absolute Gasteiger partial charge is 0.302 e. The van der Waals surface area contributed by atoms with Gasteiger partial charge in [0.1, 0.15) is 17.6 Å². The molecule has 1 unspecified atom stereocenters. The van der Waals surface area contributed by atoms with Crippen LogP contribution in [0.4, 0.5) is 5.13 Å². The molecule has 1 saturated heterocycles. The molecule has 1 aliphatic rings. The van der Waals surface area contributed by atoms with Crippen molar-refractivity contribution < 1.29 is 19.1 Å². The molecule has 0 spiro atoms. The number of Topliss-reactive ketones (excluding diaryl/α,β-unsaturated/α-hetero) is 1. The molecule has 2 aromatic heterocycles. The van der Waals surface area contributed by atoms with Crippen LogP contribution in [-0.4, -0.2) is 21.8 Å². The van der Waals surface area contributed by atoms with E-state index in [-0.39, 0.29) is 11.3 Å². The van der Waals surface area contributed by atoms with Gasteiger partial charge in [0.2, 0.25) is 0 Å². The van der Waals surface area contributed by atoms with Gasteiger partial charge in [0, 0.05) is 10.6 Å². The SMILES string of the molecule is Cc1ccc2nc(N3C(=O)C(=O)C(=C(O)c4ccc(Cl)cc4)C3c3ccco3)sc2c1. The second kappa shape index (κ2) is 7.37. The first-order valence-corrected chi connectivity index (χ1v) is 10.6. The number of amides is 1. The van der Waals surface area contributed by atoms with E-state index >= 15 is 0 Å². The summed E-state index contributed by atoms with van der Waals surface area (Å²) < 4.78 is 6.45. The maximum absolute atomic E-state index is 13.1. The Morgan fingerprint density at radius 1 is 1.16 bits per heavy atom. The van der Waals surface area contributed by atoms with E-state index in [4.69, 9.17) is 16.0 Å². The molecule has 0 aliphatic carbocycles. The van der Waals surface area contributed by atoms with Crippen molar-refractivity contribution in [2.24, 2.45) is 0 Å². The Morgan fingerprint density at radius 3 is 2.65 bits per heavy atom. The normalized spacial score (nSPS) is 18.3. The highest BCUT2D eigenvalue weighted by Crippen LogP contribution is 2.44. The number of benzene rings is 2. The lowest BCUT2D eigenvalue weighted by molar-refractivity contribution is -0.132. The standard InChI is InChI=1S/C23H15ClN2O4S/c1-12-4-9-15-17(11-12)31-23(25-15)26-19(16-3-2-10-30-16)18(21(28)22(26)29)20(27)13-5-7-14(24)8-6-13/h2-11,19,27H,1H3. The minimum atomic E-state index is -0.938. The average molecular weight is 451 g/mol. The van der Waals surface area contributed by atoms with Crippen molar-refractivity contribution in [3.05, 3.63) is 88.3 Å². The first kappa shape index (κ1) is 19.5. The van der Waals surface area contributed by atoms with E-state index in [2.05, 4.69) is 4.98 Å². The van der Waals surface area contributed by atoms with Gasteiger partial charge in [-0.3, -0.25) is 14.5 Å². The molecule has 0 saturated carbocycles. The van der Waals surface area contributed by atoms with Crippen LogP contribution in [0.3, 0.4) is 0 Å². The first-order chi connectivity index (χ1) is 14.9. The Hall–Kier alpha value is -3.42. The maximum Gasteiger partial charge on any atom is 0.302 e. The van der Waals surface area contributed by atoms with E-state index in [1.165, 1.54) is 22.5 Å². The number of rotatable bonds is 3. The molecule has 4 aromatic rings. The van der Waals surface area contributed by atoms with Crippen LogP contribution in [0.5, 0.6) is 0 Å². The van der Waals surface area contributed by atoms with Crippen LogP contribution in [0.15, 0.2) is 70.9 Å². The molecule has 8 heteroatoms. The number of carbonyl (C=O) groups is 2. The summed E-state index contributed by atoms with van der Waals surface area (Å²) in [7, 11) is 0. The molecular weight excluding hydrogens is 436 g/mol. The van der Waals surface area contributed by atoms with Crippen molar-refractivity contribution in [2.75, 3.05) is 4.90 Å². The summed E-state index contributed by atoms with van der Waals surface area (Å²) >= 11 is 7.25. The number of halogens is 1. The fourth-order valence-corrected chi connectivity index (χ4v) is 4.85. The second-order valence-electron chi connectivity index (χ2n) is 7.16. The summed E-state index contributed by atoms with van der Waals surface area (Å²) in [6.45, 7) is 1.97.